The van der Waals surface area contributed by atoms with Gasteiger partial charge in [0.1, 0.15) is 6.10 Å². The highest BCUT2D eigenvalue weighted by Crippen LogP contribution is 2.29. The molecule has 0 aromatic heterocycles. The molecule has 0 radical (unpaired) electrons. The Morgan fingerprint density at radius 3 is 2.71 bits per heavy atom. The molecule has 0 amide bonds. The molecule has 17 heavy (non-hydrogen) atoms. The van der Waals surface area contributed by atoms with Crippen LogP contribution in [0.5, 0.6) is 11.5 Å². The predicted octanol–water partition coefficient (Wildman–Crippen LogP) is 2.37. The third kappa shape index (κ3) is 3.97. The monoisotopic (exact) mass is 235 g/mol. The lowest BCUT2D eigenvalue weighted by Gasteiger charge is -2.16. The molecule has 1 aromatic carbocycles. The lowest BCUT2D eigenvalue weighted by molar-refractivity contribution is 0.0894. The zero-order valence-electron chi connectivity index (χ0n) is 10.4. The minimum absolute atomic E-state index is 0.0628. The van der Waals surface area contributed by atoms with Gasteiger partial charge in [0.25, 0.3) is 0 Å². The molecule has 0 heterocycles. The van der Waals surface area contributed by atoms with E-state index < -0.39 is 0 Å². The van der Waals surface area contributed by atoms with Crippen molar-refractivity contribution >= 4 is 0 Å². The Hall–Kier alpha value is -1.73. The van der Waals surface area contributed by atoms with Crippen molar-refractivity contribution in [3.8, 4) is 17.6 Å². The fourth-order valence-electron chi connectivity index (χ4n) is 1.43. The van der Waals surface area contributed by atoms with Gasteiger partial charge in [-0.25, -0.2) is 0 Å². The number of rotatable bonds is 6. The Morgan fingerprint density at radius 2 is 2.12 bits per heavy atom. The molecule has 0 aliphatic heterocycles. The minimum Gasteiger partial charge on any atom is -0.490 e. The van der Waals surface area contributed by atoms with Gasteiger partial charge in [0.05, 0.1) is 24.8 Å². The van der Waals surface area contributed by atoms with Crippen LogP contribution < -0.4 is 9.47 Å². The van der Waals surface area contributed by atoms with Crippen LogP contribution in [0.2, 0.25) is 0 Å². The fourth-order valence-corrected chi connectivity index (χ4v) is 1.43. The van der Waals surface area contributed by atoms with E-state index in [9.17, 15) is 0 Å². The zero-order chi connectivity index (χ0) is 12.7. The van der Waals surface area contributed by atoms with Crippen molar-refractivity contribution in [3.63, 3.8) is 0 Å². The van der Waals surface area contributed by atoms with Gasteiger partial charge in [0.15, 0.2) is 11.5 Å². The van der Waals surface area contributed by atoms with E-state index in [2.05, 4.69) is 6.07 Å². The highest BCUT2D eigenvalue weighted by atomic mass is 16.5. The maximum Gasteiger partial charge on any atom is 0.162 e. The van der Waals surface area contributed by atoms with Crippen LogP contribution in [0.15, 0.2) is 18.2 Å². The summed E-state index contributed by atoms with van der Waals surface area (Å²) in [5, 5.41) is 8.82. The minimum atomic E-state index is -0.0628. The Labute approximate surface area is 102 Å². The van der Waals surface area contributed by atoms with E-state index in [1.54, 1.807) is 25.3 Å². The first-order valence-corrected chi connectivity index (χ1v) is 5.53. The first-order chi connectivity index (χ1) is 8.21. The van der Waals surface area contributed by atoms with Crippen LogP contribution in [0.4, 0.5) is 0 Å². The summed E-state index contributed by atoms with van der Waals surface area (Å²) in [6, 6.07) is 7.20. The van der Waals surface area contributed by atoms with Crippen molar-refractivity contribution in [2.45, 2.75) is 20.0 Å². The first-order valence-electron chi connectivity index (χ1n) is 5.53. The molecule has 1 rings (SSSR count). The Morgan fingerprint density at radius 1 is 1.35 bits per heavy atom. The first kappa shape index (κ1) is 13.3. The molecule has 1 aromatic rings. The molecule has 0 N–H and O–H groups in total. The summed E-state index contributed by atoms with van der Waals surface area (Å²) in [4.78, 5) is 0. The molecule has 92 valence electrons. The van der Waals surface area contributed by atoms with E-state index in [0.717, 1.165) is 0 Å². The number of nitriles is 1. The van der Waals surface area contributed by atoms with Crippen LogP contribution in [-0.2, 0) is 4.74 Å². The van der Waals surface area contributed by atoms with Gasteiger partial charge in [-0.05, 0) is 26.0 Å². The second kappa shape index (κ2) is 6.77. The summed E-state index contributed by atoms with van der Waals surface area (Å²) in [6.45, 7) is 4.84. The van der Waals surface area contributed by atoms with Crippen molar-refractivity contribution in [2.24, 2.45) is 0 Å². The average molecular weight is 235 g/mol. The normalized spacial score (nSPS) is 11.6. The summed E-state index contributed by atoms with van der Waals surface area (Å²) in [6.07, 6.45) is -0.0628. The van der Waals surface area contributed by atoms with Gasteiger partial charge >= 0.3 is 0 Å². The van der Waals surface area contributed by atoms with E-state index in [4.69, 9.17) is 19.5 Å². The Kier molecular flexibility index (Phi) is 5.31. The molecule has 4 nitrogen and oxygen atoms in total. The van der Waals surface area contributed by atoms with Crippen molar-refractivity contribution in [1.82, 2.24) is 0 Å². The molecule has 1 atom stereocenters. The van der Waals surface area contributed by atoms with Gasteiger partial charge in [0.2, 0.25) is 0 Å². The van der Waals surface area contributed by atoms with E-state index in [1.807, 2.05) is 13.8 Å². The summed E-state index contributed by atoms with van der Waals surface area (Å²) >= 11 is 0. The second-order valence-corrected chi connectivity index (χ2v) is 3.59. The van der Waals surface area contributed by atoms with Crippen LogP contribution in [0.1, 0.15) is 19.4 Å². The molecular weight excluding hydrogens is 218 g/mol. The largest absolute Gasteiger partial charge is 0.490 e. The third-order valence-electron chi connectivity index (χ3n) is 2.10. The Bertz CT molecular complexity index is 398. The fraction of sp³-hybridized carbons (Fsp3) is 0.462. The molecule has 0 aliphatic carbocycles. The molecule has 4 heteroatoms. The highest BCUT2D eigenvalue weighted by molar-refractivity contribution is 5.46. The van der Waals surface area contributed by atoms with Crippen LogP contribution in [0, 0.1) is 11.3 Å². The van der Waals surface area contributed by atoms with Gasteiger partial charge in [-0.1, -0.05) is 0 Å². The van der Waals surface area contributed by atoms with Crippen LogP contribution in [-0.4, -0.2) is 26.4 Å². The summed E-state index contributed by atoms with van der Waals surface area (Å²) < 4.78 is 16.1. The SMILES string of the molecule is CCOc1cc(C#N)ccc1OC(C)COC. The summed E-state index contributed by atoms with van der Waals surface area (Å²) in [5.74, 6) is 1.23. The molecular formula is C13H17NO3. The lowest BCUT2D eigenvalue weighted by Crippen LogP contribution is -2.18. The topological polar surface area (TPSA) is 51.5 Å². The zero-order valence-corrected chi connectivity index (χ0v) is 10.4. The molecule has 0 saturated heterocycles. The van der Waals surface area contributed by atoms with Crippen LogP contribution in [0.3, 0.4) is 0 Å². The Balaban J connectivity index is 2.86. The predicted molar refractivity (Wildman–Crippen MR) is 64.3 cm³/mol. The van der Waals surface area contributed by atoms with E-state index in [0.29, 0.717) is 30.3 Å². The molecule has 0 spiro atoms. The third-order valence-corrected chi connectivity index (χ3v) is 2.10. The van der Waals surface area contributed by atoms with Gasteiger partial charge in [-0.3, -0.25) is 0 Å². The van der Waals surface area contributed by atoms with Crippen molar-refractivity contribution in [3.05, 3.63) is 23.8 Å². The van der Waals surface area contributed by atoms with Gasteiger partial charge in [-0.2, -0.15) is 5.26 Å². The van der Waals surface area contributed by atoms with Crippen molar-refractivity contribution < 1.29 is 14.2 Å². The van der Waals surface area contributed by atoms with Crippen molar-refractivity contribution in [2.75, 3.05) is 20.3 Å². The maximum atomic E-state index is 8.82. The van der Waals surface area contributed by atoms with Gasteiger partial charge in [-0.15, -0.1) is 0 Å². The smallest absolute Gasteiger partial charge is 0.162 e. The number of benzene rings is 1. The maximum absolute atomic E-state index is 8.82. The van der Waals surface area contributed by atoms with E-state index in [-0.39, 0.29) is 6.10 Å². The number of ether oxygens (including phenoxy) is 3. The number of hydrogen-bond donors (Lipinski definition) is 0. The molecule has 0 saturated carbocycles. The standard InChI is InChI=1S/C13H17NO3/c1-4-16-13-7-11(8-14)5-6-12(13)17-10(2)9-15-3/h5-7,10H,4,9H2,1-3H3. The summed E-state index contributed by atoms with van der Waals surface area (Å²) in [7, 11) is 1.63. The molecule has 0 aliphatic rings. The number of hydrogen-bond acceptors (Lipinski definition) is 4. The van der Waals surface area contributed by atoms with Crippen LogP contribution >= 0.6 is 0 Å². The van der Waals surface area contributed by atoms with Crippen molar-refractivity contribution in [1.29, 1.82) is 5.26 Å². The highest BCUT2D eigenvalue weighted by Gasteiger charge is 2.10. The van der Waals surface area contributed by atoms with Gasteiger partial charge in [0, 0.05) is 13.2 Å². The quantitative estimate of drug-likeness (QED) is 0.759. The van der Waals surface area contributed by atoms with Crippen LogP contribution in [0.25, 0.3) is 0 Å². The second-order valence-electron chi connectivity index (χ2n) is 3.59. The average Bonchev–Trinajstić information content (AvgIpc) is 2.32. The lowest BCUT2D eigenvalue weighted by atomic mass is 10.2. The summed E-state index contributed by atoms with van der Waals surface area (Å²) in [5.41, 5.74) is 0.556. The molecule has 1 unspecified atom stereocenters. The van der Waals surface area contributed by atoms with Gasteiger partial charge < -0.3 is 14.2 Å². The number of methoxy groups -OCH3 is 1. The van der Waals surface area contributed by atoms with E-state index >= 15 is 0 Å². The molecule has 0 bridgehead atoms. The van der Waals surface area contributed by atoms with E-state index in [1.165, 1.54) is 0 Å². The number of nitrogens with zero attached hydrogens (tertiary/aromatic N) is 1. The molecule has 0 fully saturated rings.